The lowest BCUT2D eigenvalue weighted by Crippen LogP contribution is -2.29. The van der Waals surface area contributed by atoms with Crippen LogP contribution in [-0.4, -0.2) is 66.3 Å². The molecule has 0 aliphatic carbocycles. The van der Waals surface area contributed by atoms with Gasteiger partial charge in [0.25, 0.3) is 0 Å². The van der Waals surface area contributed by atoms with Gasteiger partial charge >= 0.3 is 13.8 Å². The molecule has 0 radical (unpaired) electrons. The highest BCUT2D eigenvalue weighted by molar-refractivity contribution is 7.47. The number of esters is 1. The van der Waals surface area contributed by atoms with Gasteiger partial charge in [-0.05, 0) is 83.5 Å². The predicted molar refractivity (Wildman–Crippen MR) is 228 cm³/mol. The third-order valence-electron chi connectivity index (χ3n) is 8.30. The Bertz CT molecular complexity index is 1130. The maximum Gasteiger partial charge on any atom is 0.472 e. The van der Waals surface area contributed by atoms with E-state index in [1.165, 1.54) is 6.42 Å². The number of hydrogen-bond donors (Lipinski definition) is 3. The maximum absolute atomic E-state index is 12.5. The lowest BCUT2D eigenvalue weighted by atomic mass is 10.1. The van der Waals surface area contributed by atoms with Crippen LogP contribution in [0.4, 0.5) is 0 Å². The van der Waals surface area contributed by atoms with E-state index in [1.807, 2.05) is 0 Å². The van der Waals surface area contributed by atoms with Gasteiger partial charge in [0.1, 0.15) is 12.2 Å². The van der Waals surface area contributed by atoms with E-state index < -0.39 is 45.8 Å². The molecule has 0 aromatic rings. The molecular formula is C45H77O9P. The third kappa shape index (κ3) is 41.1. The number of hydrogen-bond acceptors (Lipinski definition) is 8. The van der Waals surface area contributed by atoms with Crippen molar-refractivity contribution in [2.75, 3.05) is 33.0 Å². The SMILES string of the molecule is CC/C=C\C/C=C\C/C=C\C/C=C\C/C=C\C/C=C\CCCCCCCOCC(COP(=O)(O)OCC(O)CO)OC(=O)CCCCCCC/C=C\CCC. The first-order valence-electron chi connectivity index (χ1n) is 21.1. The number of carbonyl (C=O) groups is 1. The molecule has 3 atom stereocenters. The average Bonchev–Trinajstić information content (AvgIpc) is 3.18. The summed E-state index contributed by atoms with van der Waals surface area (Å²) in [4.78, 5) is 22.5. The highest BCUT2D eigenvalue weighted by Gasteiger charge is 2.26. The van der Waals surface area contributed by atoms with E-state index in [1.54, 1.807) is 0 Å². The summed E-state index contributed by atoms with van der Waals surface area (Å²) in [6, 6.07) is 0. The molecule has 0 heterocycles. The van der Waals surface area contributed by atoms with Crippen LogP contribution in [0.1, 0.15) is 149 Å². The highest BCUT2D eigenvalue weighted by atomic mass is 31.2. The molecule has 0 saturated heterocycles. The second-order valence-corrected chi connectivity index (χ2v) is 15.1. The second kappa shape index (κ2) is 41.3. The summed E-state index contributed by atoms with van der Waals surface area (Å²) < 4.78 is 33.2. The Labute approximate surface area is 335 Å². The minimum absolute atomic E-state index is 0.0270. The number of aliphatic hydroxyl groups is 2. The summed E-state index contributed by atoms with van der Waals surface area (Å²) in [5.41, 5.74) is 0. The lowest BCUT2D eigenvalue weighted by molar-refractivity contribution is -0.154. The smallest absolute Gasteiger partial charge is 0.457 e. The van der Waals surface area contributed by atoms with Crippen LogP contribution in [0.5, 0.6) is 0 Å². The molecule has 0 rings (SSSR count). The van der Waals surface area contributed by atoms with Crippen molar-refractivity contribution in [1.82, 2.24) is 0 Å². The lowest BCUT2D eigenvalue weighted by Gasteiger charge is -2.20. The van der Waals surface area contributed by atoms with E-state index in [4.69, 9.17) is 23.6 Å². The summed E-state index contributed by atoms with van der Waals surface area (Å²) in [5, 5.41) is 18.3. The zero-order valence-electron chi connectivity index (χ0n) is 34.4. The first-order valence-corrected chi connectivity index (χ1v) is 22.6. The molecule has 3 N–H and O–H groups in total. The van der Waals surface area contributed by atoms with Gasteiger partial charge in [-0.1, -0.05) is 144 Å². The minimum Gasteiger partial charge on any atom is -0.457 e. The van der Waals surface area contributed by atoms with Crippen molar-refractivity contribution in [3.63, 3.8) is 0 Å². The topological polar surface area (TPSA) is 132 Å². The van der Waals surface area contributed by atoms with Crippen molar-refractivity contribution in [3.05, 3.63) is 85.1 Å². The number of ether oxygens (including phenoxy) is 2. The molecule has 0 fully saturated rings. The largest absolute Gasteiger partial charge is 0.472 e. The second-order valence-electron chi connectivity index (χ2n) is 13.6. The zero-order chi connectivity index (χ0) is 40.3. The standard InChI is InChI=1S/C45H77O9P/c1-3-5-7-9-11-13-15-16-17-18-19-20-21-22-23-24-25-26-27-28-30-32-34-36-38-51-41-44(42-53-55(49,50)52-40-43(47)39-46)54-45(48)37-35-33-31-29-14-12-10-8-6-4-2/h5,7-8,10-11,13,16-17,19-20,22-23,25-26,43-44,46-47H,3-4,6,9,12,14-15,18,21,24,27-42H2,1-2H3,(H,49,50)/b7-5-,10-8-,13-11-,17-16-,20-19-,23-22-,26-25-. The minimum atomic E-state index is -4.53. The maximum atomic E-state index is 12.5. The monoisotopic (exact) mass is 793 g/mol. The van der Waals surface area contributed by atoms with Gasteiger partial charge in [-0.25, -0.2) is 4.57 Å². The summed E-state index contributed by atoms with van der Waals surface area (Å²) in [6.45, 7) is 3.25. The summed E-state index contributed by atoms with van der Waals surface area (Å²) in [7, 11) is -4.53. The Hall–Kier alpha value is -2.36. The number of allylic oxidation sites excluding steroid dienone is 14. The molecule has 0 bridgehead atoms. The molecule has 0 amide bonds. The van der Waals surface area contributed by atoms with Gasteiger partial charge in [0.2, 0.25) is 0 Å². The van der Waals surface area contributed by atoms with E-state index in [-0.39, 0.29) is 13.0 Å². The summed E-state index contributed by atoms with van der Waals surface area (Å²) in [6.07, 6.45) is 49.8. The van der Waals surface area contributed by atoms with E-state index >= 15 is 0 Å². The van der Waals surface area contributed by atoms with Crippen LogP contribution >= 0.6 is 7.82 Å². The van der Waals surface area contributed by atoms with Gasteiger partial charge in [-0.2, -0.15) is 0 Å². The summed E-state index contributed by atoms with van der Waals surface area (Å²) in [5.74, 6) is -0.406. The molecule has 0 aliphatic heterocycles. The molecule has 3 unspecified atom stereocenters. The van der Waals surface area contributed by atoms with Crippen molar-refractivity contribution >= 4 is 13.8 Å². The van der Waals surface area contributed by atoms with Crippen LogP contribution in [0, 0.1) is 0 Å². The average molecular weight is 793 g/mol. The number of phosphoric ester groups is 1. The van der Waals surface area contributed by atoms with Crippen LogP contribution in [0.2, 0.25) is 0 Å². The van der Waals surface area contributed by atoms with Gasteiger partial charge < -0.3 is 24.6 Å². The Kier molecular flexibility index (Phi) is 39.5. The van der Waals surface area contributed by atoms with Gasteiger partial charge in [0, 0.05) is 13.0 Å². The van der Waals surface area contributed by atoms with E-state index in [0.29, 0.717) is 13.0 Å². The first kappa shape index (κ1) is 52.6. The predicted octanol–water partition coefficient (Wildman–Crippen LogP) is 11.5. The van der Waals surface area contributed by atoms with Gasteiger partial charge in [-0.15, -0.1) is 0 Å². The normalized spacial score (nSPS) is 14.9. The van der Waals surface area contributed by atoms with Crippen molar-refractivity contribution in [2.45, 2.75) is 161 Å². The van der Waals surface area contributed by atoms with E-state index in [9.17, 15) is 19.4 Å². The van der Waals surface area contributed by atoms with Crippen molar-refractivity contribution < 1.29 is 43.0 Å². The van der Waals surface area contributed by atoms with Crippen molar-refractivity contribution in [2.24, 2.45) is 0 Å². The Morgan fingerprint density at radius 3 is 1.58 bits per heavy atom. The molecule has 0 saturated carbocycles. The van der Waals surface area contributed by atoms with Crippen LogP contribution in [-0.2, 0) is 27.9 Å². The number of rotatable bonds is 39. The molecular weight excluding hydrogens is 715 g/mol. The molecule has 0 spiro atoms. The fourth-order valence-electron chi connectivity index (χ4n) is 5.12. The Balaban J connectivity index is 4.18. The quantitative estimate of drug-likeness (QED) is 0.0241. The van der Waals surface area contributed by atoms with Crippen LogP contribution in [0.3, 0.4) is 0 Å². The zero-order valence-corrected chi connectivity index (χ0v) is 35.3. The number of phosphoric acid groups is 1. The first-order chi connectivity index (χ1) is 26.8. The molecule has 0 aromatic carbocycles. The van der Waals surface area contributed by atoms with Gasteiger partial charge in [0.05, 0.1) is 26.4 Å². The van der Waals surface area contributed by atoms with Crippen LogP contribution in [0.15, 0.2) is 85.1 Å². The Morgan fingerprint density at radius 1 is 0.582 bits per heavy atom. The van der Waals surface area contributed by atoms with E-state index in [2.05, 4.69) is 98.9 Å². The number of carbonyl (C=O) groups excluding carboxylic acids is 1. The fourth-order valence-corrected chi connectivity index (χ4v) is 5.91. The molecule has 0 aromatic heterocycles. The summed E-state index contributed by atoms with van der Waals surface area (Å²) >= 11 is 0. The van der Waals surface area contributed by atoms with Gasteiger partial charge in [0.15, 0.2) is 0 Å². The fraction of sp³-hybridized carbons (Fsp3) is 0.667. The van der Waals surface area contributed by atoms with Crippen LogP contribution < -0.4 is 0 Å². The highest BCUT2D eigenvalue weighted by Crippen LogP contribution is 2.43. The third-order valence-corrected chi connectivity index (χ3v) is 9.25. The number of unbranched alkanes of at least 4 members (excludes halogenated alkanes) is 11. The van der Waals surface area contributed by atoms with Gasteiger partial charge in [-0.3, -0.25) is 13.8 Å². The molecule has 0 aliphatic rings. The molecule has 9 nitrogen and oxygen atoms in total. The van der Waals surface area contributed by atoms with E-state index in [0.717, 1.165) is 116 Å². The Morgan fingerprint density at radius 2 is 1.04 bits per heavy atom. The van der Waals surface area contributed by atoms with Crippen molar-refractivity contribution in [1.29, 1.82) is 0 Å². The van der Waals surface area contributed by atoms with Crippen molar-refractivity contribution in [3.8, 4) is 0 Å². The molecule has 55 heavy (non-hydrogen) atoms. The van der Waals surface area contributed by atoms with Crippen LogP contribution in [0.25, 0.3) is 0 Å². The molecule has 316 valence electrons. The number of aliphatic hydroxyl groups excluding tert-OH is 2. The molecule has 10 heteroatoms.